The van der Waals surface area contributed by atoms with Gasteiger partial charge in [-0.15, -0.1) is 0 Å². The third-order valence-corrected chi connectivity index (χ3v) is 6.74. The van der Waals surface area contributed by atoms with Crippen LogP contribution in [0.25, 0.3) is 0 Å². The van der Waals surface area contributed by atoms with E-state index in [1.165, 1.54) is 26.4 Å². The molecule has 0 radical (unpaired) electrons. The van der Waals surface area contributed by atoms with E-state index in [1.807, 2.05) is 0 Å². The number of anilines is 1. The number of hydrogen-bond acceptors (Lipinski definition) is 8. The summed E-state index contributed by atoms with van der Waals surface area (Å²) in [4.78, 5) is 49.7. The summed E-state index contributed by atoms with van der Waals surface area (Å²) in [6.45, 7) is 1.77. The molecule has 1 spiro atoms. The topological polar surface area (TPSA) is 140 Å². The number of carboxylic acids is 1. The van der Waals surface area contributed by atoms with E-state index in [9.17, 15) is 19.2 Å². The fourth-order valence-electron chi connectivity index (χ4n) is 4.49. The third kappa shape index (κ3) is 4.60. The highest BCUT2D eigenvalue weighted by atomic mass is 35.5. The van der Waals surface area contributed by atoms with Gasteiger partial charge in [0.15, 0.2) is 5.75 Å². The molecule has 1 aliphatic carbocycles. The number of carboxylic acid groups (broad SMARTS) is 1. The maximum absolute atomic E-state index is 13.6. The maximum Gasteiger partial charge on any atom is 0.305 e. The molecule has 0 fully saturated rings. The van der Waals surface area contributed by atoms with Gasteiger partial charge in [-0.2, -0.15) is 0 Å². The Morgan fingerprint density at radius 1 is 1.16 bits per heavy atom. The quantitative estimate of drug-likeness (QED) is 0.439. The SMILES string of the molecule is COc1cc(OC)c2c(c1Cl)O[C@@]1(C(=O)C=C(Nc3ccc(C(=O)NCCC(=O)O)cc3)C[C@H]1C)C2=O. The van der Waals surface area contributed by atoms with Crippen LogP contribution in [0.5, 0.6) is 17.2 Å². The van der Waals surface area contributed by atoms with E-state index in [0.717, 1.165) is 0 Å². The first-order chi connectivity index (χ1) is 17.6. The van der Waals surface area contributed by atoms with Gasteiger partial charge in [0.2, 0.25) is 17.2 Å². The number of carbonyl (C=O) groups is 4. The zero-order valence-corrected chi connectivity index (χ0v) is 21.1. The van der Waals surface area contributed by atoms with Crippen molar-refractivity contribution < 1.29 is 38.5 Å². The Kier molecular flexibility index (Phi) is 7.13. The third-order valence-electron chi connectivity index (χ3n) is 6.39. The van der Waals surface area contributed by atoms with E-state index >= 15 is 0 Å². The van der Waals surface area contributed by atoms with Gasteiger partial charge in [-0.1, -0.05) is 18.5 Å². The average Bonchev–Trinajstić information content (AvgIpc) is 3.18. The molecule has 10 nitrogen and oxygen atoms in total. The first kappa shape index (κ1) is 26.0. The van der Waals surface area contributed by atoms with Crippen molar-refractivity contribution in [2.75, 3.05) is 26.1 Å². The first-order valence-electron chi connectivity index (χ1n) is 11.4. The maximum atomic E-state index is 13.6. The van der Waals surface area contributed by atoms with E-state index < -0.39 is 35.0 Å². The summed E-state index contributed by atoms with van der Waals surface area (Å²) >= 11 is 6.41. The van der Waals surface area contributed by atoms with Crippen LogP contribution in [0.15, 0.2) is 42.1 Å². The number of hydrogen-bond donors (Lipinski definition) is 3. The molecule has 2 atom stereocenters. The molecule has 37 heavy (non-hydrogen) atoms. The lowest BCUT2D eigenvalue weighted by atomic mass is 9.74. The minimum absolute atomic E-state index is 0.0251. The Morgan fingerprint density at radius 3 is 2.43 bits per heavy atom. The van der Waals surface area contributed by atoms with Crippen molar-refractivity contribution in [3.8, 4) is 17.2 Å². The standard InChI is InChI=1S/C26H25ClN2O8/c1-13-10-16(29-15-6-4-14(5-7-15)25(34)28-9-8-20(31)32)11-19(30)26(13)24(33)21-17(35-2)12-18(36-3)22(27)23(21)37-26/h4-7,11-13,29H,8-10H2,1-3H3,(H,28,34)(H,31,32)/t13-,26+/m1/s1. The second kappa shape index (κ2) is 10.1. The lowest BCUT2D eigenvalue weighted by Gasteiger charge is -2.35. The number of amides is 1. The van der Waals surface area contributed by atoms with E-state index in [2.05, 4.69) is 10.6 Å². The number of nitrogens with one attached hydrogen (secondary N) is 2. The largest absolute Gasteiger partial charge is 0.496 e. The number of carbonyl (C=O) groups excluding carboxylic acids is 3. The fraction of sp³-hybridized carbons (Fsp3) is 0.308. The lowest BCUT2D eigenvalue weighted by Crippen LogP contribution is -2.55. The van der Waals surface area contributed by atoms with Crippen molar-refractivity contribution in [2.45, 2.75) is 25.4 Å². The van der Waals surface area contributed by atoms with Crippen LogP contribution in [0.1, 0.15) is 40.5 Å². The molecule has 1 amide bonds. The average molecular weight is 529 g/mol. The second-order valence-electron chi connectivity index (χ2n) is 8.71. The summed E-state index contributed by atoms with van der Waals surface area (Å²) in [5.74, 6) is -2.45. The molecule has 2 aliphatic rings. The number of fused-ring (bicyclic) bond motifs is 1. The summed E-state index contributed by atoms with van der Waals surface area (Å²) < 4.78 is 16.6. The van der Waals surface area contributed by atoms with Gasteiger partial charge in [-0.25, -0.2) is 0 Å². The van der Waals surface area contributed by atoms with Gasteiger partial charge < -0.3 is 30.0 Å². The predicted molar refractivity (Wildman–Crippen MR) is 134 cm³/mol. The van der Waals surface area contributed by atoms with Crippen molar-refractivity contribution >= 4 is 40.7 Å². The van der Waals surface area contributed by atoms with Crippen LogP contribution in [0.4, 0.5) is 5.69 Å². The summed E-state index contributed by atoms with van der Waals surface area (Å²) in [6.07, 6.45) is 1.49. The molecule has 0 aromatic heterocycles. The van der Waals surface area contributed by atoms with Gasteiger partial charge in [0, 0.05) is 41.6 Å². The van der Waals surface area contributed by atoms with Gasteiger partial charge in [0.05, 0.1) is 20.6 Å². The van der Waals surface area contributed by atoms with Crippen molar-refractivity contribution in [1.82, 2.24) is 5.32 Å². The van der Waals surface area contributed by atoms with Gasteiger partial charge >= 0.3 is 5.97 Å². The van der Waals surface area contributed by atoms with Crippen LogP contribution in [-0.4, -0.2) is 54.9 Å². The molecule has 2 aromatic rings. The highest BCUT2D eigenvalue weighted by Crippen LogP contribution is 2.53. The van der Waals surface area contributed by atoms with Crippen LogP contribution >= 0.6 is 11.6 Å². The number of aliphatic carboxylic acids is 1. The molecule has 3 N–H and O–H groups in total. The van der Waals surface area contributed by atoms with Crippen molar-refractivity contribution in [3.63, 3.8) is 0 Å². The highest BCUT2D eigenvalue weighted by Gasteiger charge is 2.60. The number of Topliss-reactive ketones (excluding diaryl/α,β-unsaturated/α-hetero) is 1. The molecule has 194 valence electrons. The molecule has 1 heterocycles. The Bertz CT molecular complexity index is 1320. The molecule has 0 unspecified atom stereocenters. The summed E-state index contributed by atoms with van der Waals surface area (Å²) in [7, 11) is 2.83. The van der Waals surface area contributed by atoms with Crippen molar-refractivity contribution in [2.24, 2.45) is 5.92 Å². The highest BCUT2D eigenvalue weighted by molar-refractivity contribution is 6.36. The number of allylic oxidation sites excluding steroid dienone is 1. The molecule has 0 saturated heterocycles. The fourth-order valence-corrected chi connectivity index (χ4v) is 4.76. The summed E-state index contributed by atoms with van der Waals surface area (Å²) in [6, 6.07) is 7.97. The predicted octanol–water partition coefficient (Wildman–Crippen LogP) is 3.48. The summed E-state index contributed by atoms with van der Waals surface area (Å²) in [5.41, 5.74) is -0.101. The smallest absolute Gasteiger partial charge is 0.305 e. The number of halogens is 1. The molecule has 11 heteroatoms. The molecule has 2 aromatic carbocycles. The Balaban J connectivity index is 1.53. The Hall–Kier alpha value is -4.05. The summed E-state index contributed by atoms with van der Waals surface area (Å²) in [5, 5.41) is 14.5. The first-order valence-corrected chi connectivity index (χ1v) is 11.8. The van der Waals surface area contributed by atoms with E-state index in [4.69, 9.17) is 30.9 Å². The van der Waals surface area contributed by atoms with Crippen molar-refractivity contribution in [1.29, 1.82) is 0 Å². The van der Waals surface area contributed by atoms with Crippen LogP contribution in [0, 0.1) is 5.92 Å². The number of ketones is 2. The van der Waals surface area contributed by atoms with Crippen LogP contribution in [-0.2, 0) is 9.59 Å². The lowest BCUT2D eigenvalue weighted by molar-refractivity contribution is -0.136. The van der Waals surface area contributed by atoms with Gasteiger partial charge in [0.25, 0.3) is 5.91 Å². The van der Waals surface area contributed by atoms with Crippen molar-refractivity contribution in [3.05, 3.63) is 58.3 Å². The van der Waals surface area contributed by atoms with E-state index in [-0.39, 0.29) is 40.8 Å². The van der Waals surface area contributed by atoms with Crippen LogP contribution in [0.3, 0.4) is 0 Å². The Morgan fingerprint density at radius 2 is 1.84 bits per heavy atom. The normalized spacial score (nSPS) is 20.1. The molecule has 4 rings (SSSR count). The Labute approximate surface area is 217 Å². The van der Waals surface area contributed by atoms with E-state index in [0.29, 0.717) is 23.4 Å². The molecule has 1 aliphatic heterocycles. The molecule has 0 saturated carbocycles. The zero-order chi connectivity index (χ0) is 26.9. The zero-order valence-electron chi connectivity index (χ0n) is 20.3. The van der Waals surface area contributed by atoms with Gasteiger partial charge in [-0.05, 0) is 30.7 Å². The van der Waals surface area contributed by atoms with Gasteiger partial charge in [-0.3, -0.25) is 19.2 Å². The molecular weight excluding hydrogens is 504 g/mol. The second-order valence-corrected chi connectivity index (χ2v) is 9.08. The number of benzene rings is 2. The monoisotopic (exact) mass is 528 g/mol. The van der Waals surface area contributed by atoms with E-state index in [1.54, 1.807) is 31.2 Å². The number of rotatable bonds is 8. The minimum Gasteiger partial charge on any atom is -0.496 e. The molecular formula is C26H25ClN2O8. The number of ether oxygens (including phenoxy) is 3. The number of methoxy groups -OCH3 is 2. The van der Waals surface area contributed by atoms with Gasteiger partial charge in [0.1, 0.15) is 22.1 Å². The molecule has 0 bridgehead atoms. The van der Waals surface area contributed by atoms with Crippen LogP contribution in [0.2, 0.25) is 5.02 Å². The van der Waals surface area contributed by atoms with Crippen LogP contribution < -0.4 is 24.8 Å². The minimum atomic E-state index is -1.77.